The minimum Gasteiger partial charge on any atom is -0.493 e. The van der Waals surface area contributed by atoms with Crippen molar-refractivity contribution in [3.63, 3.8) is 0 Å². The third kappa shape index (κ3) is 8.77. The van der Waals surface area contributed by atoms with Crippen LogP contribution in [0.25, 0.3) is 6.08 Å². The van der Waals surface area contributed by atoms with Gasteiger partial charge in [-0.25, -0.2) is 0 Å². The molecular weight excluding hydrogens is 344 g/mol. The van der Waals surface area contributed by atoms with Crippen molar-refractivity contribution in [1.82, 2.24) is 5.32 Å². The van der Waals surface area contributed by atoms with E-state index < -0.39 is 6.10 Å². The van der Waals surface area contributed by atoms with Crippen LogP contribution in [0.15, 0.2) is 29.4 Å². The number of nitrogens with zero attached hydrogens (tertiary/aromatic N) is 1. The van der Waals surface area contributed by atoms with Gasteiger partial charge in [-0.15, -0.1) is 0 Å². The molecule has 1 atom stereocenters. The van der Waals surface area contributed by atoms with Crippen LogP contribution in [0.2, 0.25) is 0 Å². The van der Waals surface area contributed by atoms with Gasteiger partial charge in [0.25, 0.3) is 0 Å². The average molecular weight is 371 g/mol. The fourth-order valence-corrected chi connectivity index (χ4v) is 1.93. The Bertz CT molecular complexity index is 597. The van der Waals surface area contributed by atoms with E-state index in [-0.39, 0.29) is 17.3 Å². The number of methoxy groups -OCH3 is 2. The maximum atomic E-state index is 9.80. The number of ether oxygens (including phenoxy) is 2. The zero-order valence-corrected chi connectivity index (χ0v) is 16.1. The third-order valence-corrected chi connectivity index (χ3v) is 3.30. The van der Waals surface area contributed by atoms with Crippen LogP contribution in [-0.2, 0) is 4.84 Å². The summed E-state index contributed by atoms with van der Waals surface area (Å²) in [6.45, 7) is 6.54. The van der Waals surface area contributed by atoms with Crippen LogP contribution in [0.3, 0.4) is 0 Å². The highest BCUT2D eigenvalue weighted by Crippen LogP contribution is 2.27. The quantitative estimate of drug-likeness (QED) is 0.516. The molecule has 0 aliphatic rings. The maximum Gasteiger partial charge on any atom is 0.168 e. The molecule has 0 fully saturated rings. The molecule has 1 unspecified atom stereocenters. The van der Waals surface area contributed by atoms with E-state index in [0.717, 1.165) is 5.56 Å². The van der Waals surface area contributed by atoms with Gasteiger partial charge in [-0.2, -0.15) is 0 Å². The molecule has 1 aromatic rings. The Kier molecular flexibility index (Phi) is 8.75. The first-order chi connectivity index (χ1) is 11.7. The summed E-state index contributed by atoms with van der Waals surface area (Å²) >= 11 is 5.98. The van der Waals surface area contributed by atoms with Gasteiger partial charge in [-0.3, -0.25) is 0 Å². The van der Waals surface area contributed by atoms with E-state index in [1.807, 2.05) is 32.9 Å². The smallest absolute Gasteiger partial charge is 0.168 e. The molecule has 0 heterocycles. The summed E-state index contributed by atoms with van der Waals surface area (Å²) < 4.78 is 10.4. The van der Waals surface area contributed by atoms with Crippen LogP contribution < -0.4 is 14.8 Å². The van der Waals surface area contributed by atoms with Crippen LogP contribution in [0, 0.1) is 0 Å². The summed E-state index contributed by atoms with van der Waals surface area (Å²) in [6, 6.07) is 5.49. The molecule has 7 heteroatoms. The zero-order valence-electron chi connectivity index (χ0n) is 15.4. The molecule has 0 amide bonds. The molecule has 0 aliphatic heterocycles. The van der Waals surface area contributed by atoms with Gasteiger partial charge >= 0.3 is 0 Å². The van der Waals surface area contributed by atoms with Crippen LogP contribution in [-0.4, -0.2) is 49.3 Å². The van der Waals surface area contributed by atoms with Gasteiger partial charge in [0.2, 0.25) is 0 Å². The summed E-state index contributed by atoms with van der Waals surface area (Å²) in [6.07, 6.45) is 2.71. The number of rotatable bonds is 9. The number of benzene rings is 1. The summed E-state index contributed by atoms with van der Waals surface area (Å²) in [5.74, 6) is 1.28. The molecule has 0 spiro atoms. The number of nitrogens with one attached hydrogen (secondary N) is 1. The largest absolute Gasteiger partial charge is 0.493 e. The molecule has 0 aliphatic carbocycles. The Balaban J connectivity index is 2.50. The molecule has 0 saturated carbocycles. The highest BCUT2D eigenvalue weighted by molar-refractivity contribution is 6.68. The highest BCUT2D eigenvalue weighted by atomic mass is 35.5. The topological polar surface area (TPSA) is 72.3 Å². The van der Waals surface area contributed by atoms with Crippen molar-refractivity contribution in [1.29, 1.82) is 0 Å². The molecule has 6 nitrogen and oxygen atoms in total. The molecule has 2 N–H and O–H groups in total. The second-order valence-electron chi connectivity index (χ2n) is 6.44. The monoisotopic (exact) mass is 370 g/mol. The van der Waals surface area contributed by atoms with Gasteiger partial charge in [0.05, 0.1) is 14.2 Å². The Hall–Kier alpha value is -1.76. The lowest BCUT2D eigenvalue weighted by atomic mass is 10.1. The Morgan fingerprint density at radius 1 is 1.28 bits per heavy atom. The van der Waals surface area contributed by atoms with Crippen molar-refractivity contribution in [2.24, 2.45) is 5.16 Å². The minimum atomic E-state index is -0.665. The normalized spacial score (nSPS) is 13.8. The van der Waals surface area contributed by atoms with E-state index in [0.29, 0.717) is 18.0 Å². The first kappa shape index (κ1) is 21.3. The molecule has 25 heavy (non-hydrogen) atoms. The predicted molar refractivity (Wildman–Crippen MR) is 102 cm³/mol. The van der Waals surface area contributed by atoms with Crippen LogP contribution in [0.5, 0.6) is 11.5 Å². The Morgan fingerprint density at radius 3 is 2.56 bits per heavy atom. The molecular formula is C18H27ClN2O4. The summed E-state index contributed by atoms with van der Waals surface area (Å²) in [4.78, 5) is 5.06. The van der Waals surface area contributed by atoms with Crippen molar-refractivity contribution in [2.45, 2.75) is 32.4 Å². The number of aliphatic hydroxyl groups excluding tert-OH is 1. The first-order valence-electron chi connectivity index (χ1n) is 7.94. The van der Waals surface area contributed by atoms with Crippen molar-refractivity contribution in [3.8, 4) is 11.5 Å². The molecule has 0 radical (unpaired) electrons. The van der Waals surface area contributed by atoms with Gasteiger partial charge < -0.3 is 24.7 Å². The zero-order chi connectivity index (χ0) is 18.9. The number of oxime groups is 1. The van der Waals surface area contributed by atoms with E-state index >= 15 is 0 Å². The number of halogens is 1. The number of allylic oxidation sites excluding steroid dienone is 1. The first-order valence-corrected chi connectivity index (χ1v) is 8.31. The van der Waals surface area contributed by atoms with Crippen molar-refractivity contribution in [2.75, 3.05) is 27.4 Å². The standard InChI is InChI=1S/C18H27ClN2O4/c1-18(2,3)20-11-14(22)12-25-21-17(19)9-7-13-6-8-15(23-4)16(10-13)24-5/h6-10,14,20,22H,11-12H2,1-5H3/b9-7+,21-17-. The number of hydrogen-bond donors (Lipinski definition) is 2. The fraction of sp³-hybridized carbons (Fsp3) is 0.500. The highest BCUT2D eigenvalue weighted by Gasteiger charge is 2.12. The summed E-state index contributed by atoms with van der Waals surface area (Å²) in [5, 5.41) is 16.9. The number of β-amino-alcohol motifs (C(OH)–C–C–N with tert-alkyl or cyclic N) is 1. The SMILES string of the molecule is COc1ccc(/C=C/C(Cl)=N/OCC(O)CNC(C)(C)C)cc1OC. The van der Waals surface area contributed by atoms with E-state index in [1.165, 1.54) is 0 Å². The van der Waals surface area contributed by atoms with Crippen LogP contribution >= 0.6 is 11.6 Å². The number of hydrogen-bond acceptors (Lipinski definition) is 6. The van der Waals surface area contributed by atoms with Gasteiger partial charge in [0.15, 0.2) is 16.7 Å². The molecule has 1 rings (SSSR count). The molecule has 0 aromatic heterocycles. The van der Waals surface area contributed by atoms with Gasteiger partial charge in [-0.05, 0) is 44.5 Å². The predicted octanol–water partition coefficient (Wildman–Crippen LogP) is 3.03. The molecule has 1 aromatic carbocycles. The Labute approximate surface area is 154 Å². The van der Waals surface area contributed by atoms with Gasteiger partial charge in [0, 0.05) is 12.1 Å². The second-order valence-corrected chi connectivity index (χ2v) is 6.83. The van der Waals surface area contributed by atoms with E-state index in [9.17, 15) is 5.11 Å². The van der Waals surface area contributed by atoms with Gasteiger partial charge in [-0.1, -0.05) is 28.9 Å². The third-order valence-electron chi connectivity index (χ3n) is 3.11. The minimum absolute atomic E-state index is 0.0590. The maximum absolute atomic E-state index is 9.80. The van der Waals surface area contributed by atoms with E-state index in [2.05, 4.69) is 10.5 Å². The summed E-state index contributed by atoms with van der Waals surface area (Å²) in [7, 11) is 3.16. The lowest BCUT2D eigenvalue weighted by Crippen LogP contribution is -2.42. The van der Waals surface area contributed by atoms with Crippen molar-refractivity contribution >= 4 is 22.8 Å². The lowest BCUT2D eigenvalue weighted by molar-refractivity contribution is 0.0377. The lowest BCUT2D eigenvalue weighted by Gasteiger charge is -2.22. The van der Waals surface area contributed by atoms with E-state index in [1.54, 1.807) is 32.4 Å². The number of aliphatic hydroxyl groups is 1. The molecule has 0 saturated heterocycles. The van der Waals surface area contributed by atoms with Crippen LogP contribution in [0.1, 0.15) is 26.3 Å². The Morgan fingerprint density at radius 2 is 1.96 bits per heavy atom. The van der Waals surface area contributed by atoms with E-state index in [4.69, 9.17) is 25.9 Å². The van der Waals surface area contributed by atoms with Crippen molar-refractivity contribution in [3.05, 3.63) is 29.8 Å². The molecule has 0 bridgehead atoms. The second kappa shape index (κ2) is 10.3. The van der Waals surface area contributed by atoms with Crippen LogP contribution in [0.4, 0.5) is 0 Å². The average Bonchev–Trinajstić information content (AvgIpc) is 2.57. The fourth-order valence-electron chi connectivity index (χ4n) is 1.82. The molecule has 140 valence electrons. The van der Waals surface area contributed by atoms with Gasteiger partial charge in [0.1, 0.15) is 12.7 Å². The summed E-state index contributed by atoms with van der Waals surface area (Å²) in [5.41, 5.74) is 0.810. The van der Waals surface area contributed by atoms with Crippen molar-refractivity contribution < 1.29 is 19.4 Å².